The van der Waals surface area contributed by atoms with Crippen LogP contribution in [0.4, 0.5) is 10.1 Å². The van der Waals surface area contributed by atoms with Gasteiger partial charge in [-0.2, -0.15) is 5.10 Å². The second kappa shape index (κ2) is 6.08. The van der Waals surface area contributed by atoms with Crippen LogP contribution in [-0.4, -0.2) is 25.6 Å². The number of nitro benzene ring substituents is 1. The summed E-state index contributed by atoms with van der Waals surface area (Å²) in [6.07, 6.45) is 0. The van der Waals surface area contributed by atoms with Crippen molar-refractivity contribution in [2.75, 3.05) is 0 Å². The molecule has 0 saturated heterocycles. The van der Waals surface area contributed by atoms with Crippen LogP contribution in [0.5, 0.6) is 5.88 Å². The molecule has 25 heavy (non-hydrogen) atoms. The molecule has 1 N–H and O–H groups in total. The van der Waals surface area contributed by atoms with E-state index in [-0.39, 0.29) is 37.4 Å². The number of nitrogens with zero attached hydrogens (tertiary/aromatic N) is 3. The van der Waals surface area contributed by atoms with Crippen molar-refractivity contribution in [3.8, 4) is 5.88 Å². The first-order valence-corrected chi connectivity index (χ1v) is 7.91. The maximum atomic E-state index is 13.5. The van der Waals surface area contributed by atoms with Crippen LogP contribution in [0.3, 0.4) is 0 Å². The Kier molecular flexibility index (Phi) is 4.21. The number of hydrogen-bond donors (Lipinski definition) is 1. The number of carbonyl (C=O) groups excluding carboxylic acids is 1. The maximum Gasteiger partial charge on any atom is 0.282 e. The highest BCUT2D eigenvalue weighted by molar-refractivity contribution is 9.10. The molecule has 10 heteroatoms. The largest absolute Gasteiger partial charge is 0.493 e. The zero-order valence-electron chi connectivity index (χ0n) is 12.5. The van der Waals surface area contributed by atoms with Crippen molar-refractivity contribution in [3.05, 3.63) is 60.8 Å². The summed E-state index contributed by atoms with van der Waals surface area (Å²) in [6.45, 7) is 0. The zero-order chi connectivity index (χ0) is 18.5. The van der Waals surface area contributed by atoms with Crippen LogP contribution >= 0.6 is 27.5 Å². The van der Waals surface area contributed by atoms with E-state index in [1.165, 1.54) is 13.1 Å². The molecule has 1 aromatic heterocycles. The smallest absolute Gasteiger partial charge is 0.282 e. The van der Waals surface area contributed by atoms with Crippen molar-refractivity contribution >= 4 is 49.9 Å². The third-order valence-electron chi connectivity index (χ3n) is 3.61. The van der Waals surface area contributed by atoms with E-state index in [0.29, 0.717) is 0 Å². The summed E-state index contributed by atoms with van der Waals surface area (Å²) >= 11 is 9.08. The van der Waals surface area contributed by atoms with Crippen molar-refractivity contribution in [3.63, 3.8) is 0 Å². The lowest BCUT2D eigenvalue weighted by Crippen LogP contribution is -2.08. The number of aromatic nitrogens is 2. The monoisotopic (exact) mass is 427 g/mol. The Labute approximate surface area is 152 Å². The van der Waals surface area contributed by atoms with Gasteiger partial charge in [0.15, 0.2) is 0 Å². The van der Waals surface area contributed by atoms with Gasteiger partial charge in [-0.05, 0) is 34.1 Å². The summed E-state index contributed by atoms with van der Waals surface area (Å²) in [5.41, 5.74) is -0.956. The standard InChI is InChI=1S/C15H8BrClFN3O4/c1-20-15(23)8-5-10(21(24)25)11(12(16)13(8)19-20)14(22)7-4-6(18)2-3-9(7)17/h2-5,23H,1H3. The van der Waals surface area contributed by atoms with Gasteiger partial charge in [0, 0.05) is 18.7 Å². The minimum atomic E-state index is -0.838. The Morgan fingerprint density at radius 1 is 1.44 bits per heavy atom. The van der Waals surface area contributed by atoms with Gasteiger partial charge in [-0.3, -0.25) is 14.9 Å². The molecule has 0 amide bonds. The molecule has 0 aliphatic rings. The van der Waals surface area contributed by atoms with Gasteiger partial charge in [0.2, 0.25) is 11.7 Å². The van der Waals surface area contributed by atoms with Gasteiger partial charge in [0.05, 0.1) is 19.8 Å². The van der Waals surface area contributed by atoms with E-state index in [9.17, 15) is 24.4 Å². The second-order valence-corrected chi connectivity index (χ2v) is 6.34. The first-order chi connectivity index (χ1) is 11.7. The number of fused-ring (bicyclic) bond motifs is 1. The van der Waals surface area contributed by atoms with Crippen molar-refractivity contribution in [2.45, 2.75) is 0 Å². The third kappa shape index (κ3) is 2.75. The molecule has 0 radical (unpaired) electrons. The number of benzene rings is 2. The maximum absolute atomic E-state index is 13.5. The van der Waals surface area contributed by atoms with E-state index in [4.69, 9.17) is 11.6 Å². The van der Waals surface area contributed by atoms with Crippen LogP contribution in [0.2, 0.25) is 5.02 Å². The van der Waals surface area contributed by atoms with Crippen molar-refractivity contribution in [2.24, 2.45) is 7.05 Å². The van der Waals surface area contributed by atoms with E-state index in [1.54, 1.807) is 0 Å². The van der Waals surface area contributed by atoms with Crippen molar-refractivity contribution in [1.29, 1.82) is 0 Å². The Hall–Kier alpha value is -2.52. The van der Waals surface area contributed by atoms with Gasteiger partial charge in [-0.1, -0.05) is 11.6 Å². The fourth-order valence-corrected chi connectivity index (χ4v) is 3.31. The zero-order valence-corrected chi connectivity index (χ0v) is 14.8. The van der Waals surface area contributed by atoms with Gasteiger partial charge in [0.25, 0.3) is 5.69 Å². The summed E-state index contributed by atoms with van der Waals surface area (Å²) in [6, 6.07) is 4.21. The minimum Gasteiger partial charge on any atom is -0.493 e. The molecule has 2 aromatic carbocycles. The second-order valence-electron chi connectivity index (χ2n) is 5.14. The van der Waals surface area contributed by atoms with Gasteiger partial charge >= 0.3 is 0 Å². The average Bonchev–Trinajstić information content (AvgIpc) is 2.84. The summed E-state index contributed by atoms with van der Waals surface area (Å²) < 4.78 is 14.6. The number of rotatable bonds is 3. The summed E-state index contributed by atoms with van der Waals surface area (Å²) in [5, 5.41) is 25.5. The van der Waals surface area contributed by atoms with E-state index < -0.39 is 22.2 Å². The Bertz CT molecular complexity index is 1070. The van der Waals surface area contributed by atoms with E-state index in [2.05, 4.69) is 21.0 Å². The molecule has 3 aromatic rings. The highest BCUT2D eigenvalue weighted by atomic mass is 79.9. The van der Waals surface area contributed by atoms with Crippen LogP contribution in [0.1, 0.15) is 15.9 Å². The Morgan fingerprint density at radius 2 is 2.12 bits per heavy atom. The SMILES string of the molecule is Cn1nc2c(Br)c(C(=O)c3cc(F)ccc3Cl)c([N+](=O)[O-])cc2c1O. The lowest BCUT2D eigenvalue weighted by Gasteiger charge is -2.07. The molecular formula is C15H8BrClFN3O4. The topological polar surface area (TPSA) is 98.3 Å². The molecule has 0 spiro atoms. The summed E-state index contributed by atoms with van der Waals surface area (Å²) in [4.78, 5) is 23.5. The predicted molar refractivity (Wildman–Crippen MR) is 91.6 cm³/mol. The van der Waals surface area contributed by atoms with Gasteiger partial charge in [-0.15, -0.1) is 0 Å². The summed E-state index contributed by atoms with van der Waals surface area (Å²) in [7, 11) is 1.44. The number of aromatic hydroxyl groups is 1. The molecule has 128 valence electrons. The molecule has 7 nitrogen and oxygen atoms in total. The number of halogens is 3. The highest BCUT2D eigenvalue weighted by Crippen LogP contribution is 2.39. The molecule has 0 unspecified atom stereocenters. The van der Waals surface area contributed by atoms with Gasteiger partial charge in [0.1, 0.15) is 16.9 Å². The lowest BCUT2D eigenvalue weighted by molar-refractivity contribution is -0.385. The van der Waals surface area contributed by atoms with Crippen LogP contribution in [0, 0.1) is 15.9 Å². The number of hydrogen-bond acceptors (Lipinski definition) is 5. The van der Waals surface area contributed by atoms with Crippen LogP contribution in [0.15, 0.2) is 28.7 Å². The number of aryl methyl sites for hydroxylation is 1. The van der Waals surface area contributed by atoms with Crippen LogP contribution in [-0.2, 0) is 7.05 Å². The Morgan fingerprint density at radius 3 is 2.76 bits per heavy atom. The molecule has 0 saturated carbocycles. The van der Waals surface area contributed by atoms with Crippen LogP contribution < -0.4 is 0 Å². The normalized spacial score (nSPS) is 11.0. The fourth-order valence-electron chi connectivity index (χ4n) is 2.43. The first kappa shape index (κ1) is 17.3. The van der Waals surface area contributed by atoms with E-state index in [1.807, 2.05) is 0 Å². The highest BCUT2D eigenvalue weighted by Gasteiger charge is 2.30. The van der Waals surface area contributed by atoms with Gasteiger partial charge in [-0.25, -0.2) is 9.07 Å². The molecule has 3 rings (SSSR count). The van der Waals surface area contributed by atoms with Crippen molar-refractivity contribution < 1.29 is 19.2 Å². The van der Waals surface area contributed by atoms with Crippen molar-refractivity contribution in [1.82, 2.24) is 9.78 Å². The number of ketones is 1. The van der Waals surface area contributed by atoms with Gasteiger partial charge < -0.3 is 5.11 Å². The predicted octanol–water partition coefficient (Wildman–Crippen LogP) is 3.97. The molecule has 0 fully saturated rings. The molecule has 1 heterocycles. The molecule has 0 aliphatic carbocycles. The lowest BCUT2D eigenvalue weighted by atomic mass is 10.00. The molecule has 0 bridgehead atoms. The molecule has 0 aliphatic heterocycles. The molecular weight excluding hydrogens is 421 g/mol. The first-order valence-electron chi connectivity index (χ1n) is 6.74. The summed E-state index contributed by atoms with van der Waals surface area (Å²) in [5.74, 6) is -1.83. The van der Waals surface area contributed by atoms with Crippen LogP contribution in [0.25, 0.3) is 10.9 Å². The number of nitro groups is 1. The third-order valence-corrected chi connectivity index (χ3v) is 4.72. The number of carbonyl (C=O) groups is 1. The minimum absolute atomic E-state index is 0.0120. The molecule has 0 atom stereocenters. The van der Waals surface area contributed by atoms with E-state index in [0.717, 1.165) is 22.9 Å². The average molecular weight is 429 g/mol. The van der Waals surface area contributed by atoms with E-state index >= 15 is 0 Å². The fraction of sp³-hybridized carbons (Fsp3) is 0.0667. The quantitative estimate of drug-likeness (QED) is 0.387. The Balaban J connectivity index is 2.36.